The zero-order valence-corrected chi connectivity index (χ0v) is 14.8. The van der Waals surface area contributed by atoms with E-state index >= 15 is 0 Å². The number of aromatic amines is 1. The number of rotatable bonds is 5. The van der Waals surface area contributed by atoms with Crippen LogP contribution in [0.2, 0.25) is 5.02 Å². The minimum Gasteiger partial charge on any atom is -0.465 e. The molecule has 1 fully saturated rings. The third kappa shape index (κ3) is 2.85. The Bertz CT molecular complexity index is 933. The van der Waals surface area contributed by atoms with Crippen LogP contribution >= 0.6 is 23.8 Å². The molecule has 9 heteroatoms. The number of nitrogens with zero attached hydrogens (tertiary/aromatic N) is 2. The predicted molar refractivity (Wildman–Crippen MR) is 91.4 cm³/mol. The molecule has 1 N–H and O–H groups in total. The SMILES string of the molecule is COCCn1c(=S)[nH]c(=O)c2c(C(=O)OC)c(Cl)c(C3CC3)nc21. The number of esters is 1. The van der Waals surface area contributed by atoms with E-state index in [0.29, 0.717) is 24.5 Å². The van der Waals surface area contributed by atoms with E-state index in [1.165, 1.54) is 7.11 Å². The molecule has 0 bridgehead atoms. The minimum absolute atomic E-state index is 0.0356. The van der Waals surface area contributed by atoms with Gasteiger partial charge in [0.2, 0.25) is 0 Å². The van der Waals surface area contributed by atoms with Gasteiger partial charge in [0.1, 0.15) is 5.65 Å². The fourth-order valence-electron chi connectivity index (χ4n) is 2.61. The summed E-state index contributed by atoms with van der Waals surface area (Å²) in [4.78, 5) is 31.8. The topological polar surface area (TPSA) is 86.2 Å². The van der Waals surface area contributed by atoms with Gasteiger partial charge in [-0.3, -0.25) is 9.78 Å². The Labute approximate surface area is 147 Å². The van der Waals surface area contributed by atoms with Crippen molar-refractivity contribution in [2.45, 2.75) is 25.3 Å². The van der Waals surface area contributed by atoms with Crippen molar-refractivity contribution in [3.8, 4) is 0 Å². The molecular formula is C15H16ClN3O4S. The average Bonchev–Trinajstić information content (AvgIpc) is 3.38. The molecule has 128 valence electrons. The lowest BCUT2D eigenvalue weighted by molar-refractivity contribution is 0.0603. The second-order valence-corrected chi connectivity index (χ2v) is 6.32. The molecule has 24 heavy (non-hydrogen) atoms. The van der Waals surface area contributed by atoms with Gasteiger partial charge in [-0.2, -0.15) is 0 Å². The molecule has 0 aliphatic heterocycles. The van der Waals surface area contributed by atoms with Gasteiger partial charge in [-0.1, -0.05) is 11.6 Å². The Kier molecular flexibility index (Phi) is 4.71. The first kappa shape index (κ1) is 17.1. The van der Waals surface area contributed by atoms with Crippen LogP contribution in [0.25, 0.3) is 11.0 Å². The fraction of sp³-hybridized carbons (Fsp3) is 0.467. The number of pyridine rings is 1. The van der Waals surface area contributed by atoms with Gasteiger partial charge < -0.3 is 14.0 Å². The van der Waals surface area contributed by atoms with E-state index in [9.17, 15) is 9.59 Å². The highest BCUT2D eigenvalue weighted by molar-refractivity contribution is 7.71. The second kappa shape index (κ2) is 6.62. The van der Waals surface area contributed by atoms with E-state index in [0.717, 1.165) is 12.8 Å². The molecule has 2 aromatic heterocycles. The van der Waals surface area contributed by atoms with Crippen LogP contribution < -0.4 is 5.56 Å². The molecule has 0 spiro atoms. The van der Waals surface area contributed by atoms with E-state index in [-0.39, 0.29) is 26.7 Å². The highest BCUT2D eigenvalue weighted by Crippen LogP contribution is 2.44. The number of ether oxygens (including phenoxy) is 2. The molecule has 2 aromatic rings. The van der Waals surface area contributed by atoms with Crippen LogP contribution in [0.1, 0.15) is 34.8 Å². The van der Waals surface area contributed by atoms with E-state index in [1.54, 1.807) is 11.7 Å². The van der Waals surface area contributed by atoms with Gasteiger partial charge >= 0.3 is 5.97 Å². The number of carbonyl (C=O) groups excluding carboxylic acids is 1. The largest absolute Gasteiger partial charge is 0.465 e. The number of aromatic nitrogens is 3. The van der Waals surface area contributed by atoms with Crippen LogP contribution in [0.5, 0.6) is 0 Å². The average molecular weight is 370 g/mol. The van der Waals surface area contributed by atoms with E-state index in [2.05, 4.69) is 9.97 Å². The molecule has 7 nitrogen and oxygen atoms in total. The first-order chi connectivity index (χ1) is 11.5. The summed E-state index contributed by atoms with van der Waals surface area (Å²) < 4.78 is 11.8. The Hall–Kier alpha value is -1.77. The van der Waals surface area contributed by atoms with Crippen LogP contribution in [-0.2, 0) is 16.0 Å². The molecule has 0 radical (unpaired) electrons. The molecule has 1 saturated carbocycles. The van der Waals surface area contributed by atoms with Gasteiger partial charge in [0.05, 0.1) is 41.9 Å². The number of halogens is 1. The van der Waals surface area contributed by atoms with Crippen molar-refractivity contribution in [2.75, 3.05) is 20.8 Å². The van der Waals surface area contributed by atoms with Crippen molar-refractivity contribution in [2.24, 2.45) is 0 Å². The number of methoxy groups -OCH3 is 2. The summed E-state index contributed by atoms with van der Waals surface area (Å²) in [5.74, 6) is -0.482. The standard InChI is InChI=1S/C15H16ClN3O4S/c1-22-6-5-19-12-9(13(20)18-15(19)24)8(14(21)23-2)10(16)11(17-12)7-3-4-7/h7H,3-6H2,1-2H3,(H,18,20,24). The maximum absolute atomic E-state index is 12.4. The summed E-state index contributed by atoms with van der Waals surface area (Å²) in [6.07, 6.45) is 1.89. The summed E-state index contributed by atoms with van der Waals surface area (Å²) in [5.41, 5.74) is 0.456. The van der Waals surface area contributed by atoms with Gasteiger partial charge in [-0.05, 0) is 25.1 Å². The van der Waals surface area contributed by atoms with Crippen LogP contribution in [0.15, 0.2) is 4.79 Å². The molecule has 0 aromatic carbocycles. The molecule has 0 saturated heterocycles. The van der Waals surface area contributed by atoms with Crippen molar-refractivity contribution >= 4 is 40.8 Å². The van der Waals surface area contributed by atoms with Gasteiger partial charge in [0, 0.05) is 13.0 Å². The van der Waals surface area contributed by atoms with Crippen molar-refractivity contribution in [1.29, 1.82) is 0 Å². The Balaban J connectivity index is 2.42. The zero-order chi connectivity index (χ0) is 17.4. The zero-order valence-electron chi connectivity index (χ0n) is 13.2. The second-order valence-electron chi connectivity index (χ2n) is 5.55. The van der Waals surface area contributed by atoms with Crippen molar-refractivity contribution < 1.29 is 14.3 Å². The van der Waals surface area contributed by atoms with Crippen molar-refractivity contribution in [3.63, 3.8) is 0 Å². The number of carbonyl (C=O) groups is 1. The van der Waals surface area contributed by atoms with Gasteiger partial charge in [0.25, 0.3) is 5.56 Å². The molecule has 1 aliphatic carbocycles. The minimum atomic E-state index is -0.671. The lowest BCUT2D eigenvalue weighted by atomic mass is 10.1. The first-order valence-corrected chi connectivity index (χ1v) is 8.21. The van der Waals surface area contributed by atoms with Crippen molar-refractivity contribution in [3.05, 3.63) is 31.4 Å². The lowest BCUT2D eigenvalue weighted by Crippen LogP contribution is -2.21. The predicted octanol–water partition coefficient (Wildman–Crippen LogP) is 2.42. The highest BCUT2D eigenvalue weighted by atomic mass is 35.5. The number of hydrogen-bond acceptors (Lipinski definition) is 6. The summed E-state index contributed by atoms with van der Waals surface area (Å²) in [5, 5.41) is 0.263. The normalized spacial score (nSPS) is 14.1. The van der Waals surface area contributed by atoms with Crippen LogP contribution in [-0.4, -0.2) is 41.3 Å². The van der Waals surface area contributed by atoms with Crippen molar-refractivity contribution in [1.82, 2.24) is 14.5 Å². The van der Waals surface area contributed by atoms with Gasteiger partial charge in [-0.25, -0.2) is 9.78 Å². The number of fused-ring (bicyclic) bond motifs is 1. The van der Waals surface area contributed by atoms with Crippen LogP contribution in [0, 0.1) is 4.77 Å². The maximum atomic E-state index is 12.4. The molecule has 3 rings (SSSR count). The summed E-state index contributed by atoms with van der Waals surface area (Å²) in [6, 6.07) is 0. The first-order valence-electron chi connectivity index (χ1n) is 7.43. The van der Waals surface area contributed by atoms with E-state index in [4.69, 9.17) is 33.3 Å². The summed E-state index contributed by atoms with van der Waals surface area (Å²) in [6.45, 7) is 0.772. The number of H-pyrrole nitrogens is 1. The molecule has 2 heterocycles. The van der Waals surface area contributed by atoms with E-state index < -0.39 is 11.5 Å². The Morgan fingerprint density at radius 3 is 2.75 bits per heavy atom. The summed E-state index contributed by atoms with van der Waals surface area (Å²) in [7, 11) is 2.81. The van der Waals surface area contributed by atoms with Gasteiger partial charge in [0.15, 0.2) is 4.77 Å². The molecule has 0 amide bonds. The summed E-state index contributed by atoms with van der Waals surface area (Å²) >= 11 is 11.6. The molecule has 1 aliphatic rings. The quantitative estimate of drug-likeness (QED) is 0.643. The number of hydrogen-bond donors (Lipinski definition) is 1. The smallest absolute Gasteiger partial charge is 0.340 e. The van der Waals surface area contributed by atoms with Gasteiger partial charge in [-0.15, -0.1) is 0 Å². The monoisotopic (exact) mass is 369 g/mol. The lowest BCUT2D eigenvalue weighted by Gasteiger charge is -2.15. The Morgan fingerprint density at radius 2 is 2.17 bits per heavy atom. The highest BCUT2D eigenvalue weighted by Gasteiger charge is 2.32. The van der Waals surface area contributed by atoms with E-state index in [1.807, 2.05) is 0 Å². The van der Waals surface area contributed by atoms with Crippen LogP contribution in [0.4, 0.5) is 0 Å². The third-order valence-corrected chi connectivity index (χ3v) is 4.67. The van der Waals surface area contributed by atoms with Crippen LogP contribution in [0.3, 0.4) is 0 Å². The molecular weight excluding hydrogens is 354 g/mol. The molecule has 0 unspecified atom stereocenters. The molecule has 0 atom stereocenters. The fourth-order valence-corrected chi connectivity index (χ4v) is 3.25. The maximum Gasteiger partial charge on any atom is 0.340 e. The third-order valence-electron chi connectivity index (χ3n) is 3.97. The number of nitrogens with one attached hydrogen (secondary N) is 1. The Morgan fingerprint density at radius 1 is 1.46 bits per heavy atom.